The first kappa shape index (κ1) is 9.08. The fraction of sp³-hybridized carbons (Fsp3) is 0.182. The van der Waals surface area contributed by atoms with Crippen LogP contribution in [0.25, 0.3) is 10.9 Å². The molecule has 0 bridgehead atoms. The lowest BCUT2D eigenvalue weighted by Gasteiger charge is -1.96. The third kappa shape index (κ3) is 0.970. The van der Waals surface area contributed by atoms with Crippen molar-refractivity contribution in [3.63, 3.8) is 0 Å². The van der Waals surface area contributed by atoms with E-state index in [2.05, 4.69) is 0 Å². The molecule has 5 nitrogen and oxygen atoms in total. The summed E-state index contributed by atoms with van der Waals surface area (Å²) in [7, 11) is 0. The van der Waals surface area contributed by atoms with Gasteiger partial charge < -0.3 is 0 Å². The van der Waals surface area contributed by atoms with Crippen LogP contribution in [-0.2, 0) is 6.42 Å². The number of carbonyl (C=O) groups excluding carboxylic acids is 1. The van der Waals surface area contributed by atoms with E-state index in [4.69, 9.17) is 0 Å². The molecular formula is C11H8N2O3. The lowest BCUT2D eigenvalue weighted by molar-refractivity contribution is -0.538. The standard InChI is InChI=1S/C11H8N2O3/c14-10-6-5-8-7-3-1-2-4-9(7)12(11(8)10)13(15)16/h1-4H,5-6H2. The molecule has 1 aromatic carbocycles. The van der Waals surface area contributed by atoms with Gasteiger partial charge in [0.05, 0.1) is 0 Å². The average Bonchev–Trinajstić information content (AvgIpc) is 2.77. The summed E-state index contributed by atoms with van der Waals surface area (Å²) in [6.45, 7) is 0. The van der Waals surface area contributed by atoms with E-state index in [1.807, 2.05) is 12.1 Å². The summed E-state index contributed by atoms with van der Waals surface area (Å²) in [4.78, 5) is 22.6. The average molecular weight is 216 g/mol. The minimum absolute atomic E-state index is 0.136. The third-order valence-corrected chi connectivity index (χ3v) is 2.98. The van der Waals surface area contributed by atoms with E-state index in [0.717, 1.165) is 15.6 Å². The molecule has 16 heavy (non-hydrogen) atoms. The van der Waals surface area contributed by atoms with Gasteiger partial charge in [-0.05, 0) is 18.1 Å². The molecule has 1 aromatic heterocycles. The molecule has 3 rings (SSSR count). The number of carbonyl (C=O) groups is 1. The van der Waals surface area contributed by atoms with Gasteiger partial charge in [-0.2, -0.15) is 0 Å². The molecule has 0 radical (unpaired) electrons. The van der Waals surface area contributed by atoms with Crippen LogP contribution in [0.5, 0.6) is 0 Å². The Labute approximate surface area is 90.4 Å². The minimum Gasteiger partial charge on any atom is -0.292 e. The van der Waals surface area contributed by atoms with Crippen LogP contribution in [0.3, 0.4) is 0 Å². The van der Waals surface area contributed by atoms with E-state index in [9.17, 15) is 14.9 Å². The predicted molar refractivity (Wildman–Crippen MR) is 57.0 cm³/mol. The van der Waals surface area contributed by atoms with Crippen LogP contribution >= 0.6 is 0 Å². The van der Waals surface area contributed by atoms with Gasteiger partial charge in [-0.15, -0.1) is 0 Å². The first-order valence-electron chi connectivity index (χ1n) is 5.00. The molecule has 0 aliphatic heterocycles. The van der Waals surface area contributed by atoms with Crippen LogP contribution in [0.2, 0.25) is 0 Å². The maximum Gasteiger partial charge on any atom is 0.186 e. The molecule has 0 saturated heterocycles. The van der Waals surface area contributed by atoms with Crippen molar-refractivity contribution in [1.82, 2.24) is 4.68 Å². The number of benzene rings is 1. The summed E-state index contributed by atoms with van der Waals surface area (Å²) in [6, 6.07) is 7.06. The second-order valence-corrected chi connectivity index (χ2v) is 3.82. The molecule has 0 saturated carbocycles. The highest BCUT2D eigenvalue weighted by molar-refractivity contribution is 6.05. The van der Waals surface area contributed by atoms with Crippen LogP contribution in [0, 0.1) is 10.1 Å². The lowest BCUT2D eigenvalue weighted by Crippen LogP contribution is -2.14. The van der Waals surface area contributed by atoms with Crippen molar-refractivity contribution in [3.05, 3.63) is 45.6 Å². The number of aromatic nitrogens is 1. The highest BCUT2D eigenvalue weighted by atomic mass is 16.7. The van der Waals surface area contributed by atoms with Gasteiger partial charge in [0.15, 0.2) is 16.5 Å². The molecule has 0 fully saturated rings. The minimum atomic E-state index is -0.523. The van der Waals surface area contributed by atoms with Crippen molar-refractivity contribution < 1.29 is 9.83 Å². The van der Waals surface area contributed by atoms with E-state index in [1.165, 1.54) is 0 Å². The van der Waals surface area contributed by atoms with E-state index >= 15 is 0 Å². The van der Waals surface area contributed by atoms with Crippen LogP contribution in [0.1, 0.15) is 22.5 Å². The smallest absolute Gasteiger partial charge is 0.186 e. The quantitative estimate of drug-likeness (QED) is 0.539. The van der Waals surface area contributed by atoms with Crippen molar-refractivity contribution in [2.75, 3.05) is 0 Å². The number of hydrogen-bond acceptors (Lipinski definition) is 3. The summed E-state index contributed by atoms with van der Waals surface area (Å²) in [5.41, 5.74) is 1.58. The van der Waals surface area contributed by atoms with Gasteiger partial charge in [0, 0.05) is 11.8 Å². The normalized spacial score (nSPS) is 14.4. The van der Waals surface area contributed by atoms with Crippen LogP contribution in [0.15, 0.2) is 24.3 Å². The van der Waals surface area contributed by atoms with Gasteiger partial charge >= 0.3 is 0 Å². The fourth-order valence-electron chi connectivity index (χ4n) is 2.36. The molecule has 0 amide bonds. The Morgan fingerprint density at radius 2 is 2.00 bits per heavy atom. The summed E-state index contributed by atoms with van der Waals surface area (Å²) >= 11 is 0. The first-order chi connectivity index (χ1) is 7.70. The number of nitrogens with zero attached hydrogens (tertiary/aromatic N) is 2. The number of aryl methyl sites for hydroxylation is 1. The maximum absolute atomic E-state index is 11.6. The van der Waals surface area contributed by atoms with E-state index in [-0.39, 0.29) is 11.5 Å². The van der Waals surface area contributed by atoms with Crippen LogP contribution in [0.4, 0.5) is 0 Å². The van der Waals surface area contributed by atoms with Crippen molar-refractivity contribution in [3.8, 4) is 0 Å². The van der Waals surface area contributed by atoms with E-state index < -0.39 is 5.03 Å². The van der Waals surface area contributed by atoms with Crippen molar-refractivity contribution in [2.45, 2.75) is 12.8 Å². The van der Waals surface area contributed by atoms with Gasteiger partial charge in [0.2, 0.25) is 0 Å². The predicted octanol–water partition coefficient (Wildman–Crippen LogP) is 1.81. The number of Topliss-reactive ketones (excluding diaryl/α,β-unsaturated/α-hetero) is 1. The Morgan fingerprint density at radius 1 is 1.25 bits per heavy atom. The zero-order valence-corrected chi connectivity index (χ0v) is 8.34. The SMILES string of the molecule is O=C1CCc2c1n([N+](=O)[O-])c1ccccc21. The number of ketones is 1. The van der Waals surface area contributed by atoms with Gasteiger partial charge in [0.25, 0.3) is 0 Å². The molecule has 1 aliphatic rings. The number of fused-ring (bicyclic) bond motifs is 3. The number of para-hydroxylation sites is 1. The Morgan fingerprint density at radius 3 is 2.75 bits per heavy atom. The topological polar surface area (TPSA) is 65.1 Å². The van der Waals surface area contributed by atoms with Gasteiger partial charge in [-0.1, -0.05) is 22.9 Å². The van der Waals surface area contributed by atoms with Crippen LogP contribution < -0.4 is 0 Å². The number of rotatable bonds is 1. The second-order valence-electron chi connectivity index (χ2n) is 3.82. The van der Waals surface area contributed by atoms with Crippen molar-refractivity contribution in [1.29, 1.82) is 0 Å². The summed E-state index contributed by atoms with van der Waals surface area (Å²) in [6.07, 6.45) is 0.985. The van der Waals surface area contributed by atoms with Gasteiger partial charge in [-0.25, -0.2) is 10.1 Å². The molecule has 0 spiro atoms. The Bertz CT molecular complexity index is 627. The molecule has 0 atom stereocenters. The Kier molecular flexibility index (Phi) is 1.65. The first-order valence-corrected chi connectivity index (χ1v) is 5.00. The molecule has 0 unspecified atom stereocenters. The highest BCUT2D eigenvalue weighted by Gasteiger charge is 2.32. The molecule has 5 heteroatoms. The van der Waals surface area contributed by atoms with E-state index in [0.29, 0.717) is 18.4 Å². The Hall–Kier alpha value is -2.17. The maximum atomic E-state index is 11.6. The third-order valence-electron chi connectivity index (χ3n) is 2.98. The summed E-state index contributed by atoms with van der Waals surface area (Å²) in [5, 5.41) is 11.3. The summed E-state index contributed by atoms with van der Waals surface area (Å²) < 4.78 is 0.917. The zero-order valence-electron chi connectivity index (χ0n) is 8.34. The molecule has 2 aromatic rings. The molecule has 1 heterocycles. The monoisotopic (exact) mass is 216 g/mol. The fourth-order valence-corrected chi connectivity index (χ4v) is 2.36. The van der Waals surface area contributed by atoms with Crippen LogP contribution in [-0.4, -0.2) is 15.5 Å². The molecule has 80 valence electrons. The summed E-state index contributed by atoms with van der Waals surface area (Å²) in [5.74, 6) is -0.136. The highest BCUT2D eigenvalue weighted by Crippen LogP contribution is 2.32. The largest absolute Gasteiger partial charge is 0.292 e. The van der Waals surface area contributed by atoms with Gasteiger partial charge in [0.1, 0.15) is 5.52 Å². The Balaban J connectivity index is 2.50. The van der Waals surface area contributed by atoms with Gasteiger partial charge in [-0.3, -0.25) is 4.79 Å². The lowest BCUT2D eigenvalue weighted by atomic mass is 10.1. The second kappa shape index (κ2) is 2.91. The van der Waals surface area contributed by atoms with Crippen molar-refractivity contribution >= 4 is 16.7 Å². The van der Waals surface area contributed by atoms with E-state index in [1.54, 1.807) is 12.1 Å². The number of nitro groups is 1. The molecule has 1 aliphatic carbocycles. The van der Waals surface area contributed by atoms with Crippen molar-refractivity contribution in [2.24, 2.45) is 0 Å². The number of hydrogen-bond donors (Lipinski definition) is 0. The molecule has 0 N–H and O–H groups in total. The zero-order chi connectivity index (χ0) is 11.3. The molecular weight excluding hydrogens is 208 g/mol.